The van der Waals surface area contributed by atoms with E-state index < -0.39 is 22.9 Å². The second-order valence-corrected chi connectivity index (χ2v) is 5.53. The van der Waals surface area contributed by atoms with E-state index in [0.717, 1.165) is 6.07 Å². The number of nitro benzene ring substituents is 1. The molecular formula is C16H15ClN2O6. The third-order valence-corrected chi connectivity index (χ3v) is 3.57. The minimum atomic E-state index is -1.05. The number of nitrogens with one attached hydrogen (secondary N) is 1. The number of carbonyl (C=O) groups excluding carboxylic acids is 2. The highest BCUT2D eigenvalue weighted by Crippen LogP contribution is 2.26. The molecule has 1 atom stereocenters. The molecule has 132 valence electrons. The van der Waals surface area contributed by atoms with E-state index in [-0.39, 0.29) is 22.8 Å². The Bertz CT molecular complexity index is 775. The summed E-state index contributed by atoms with van der Waals surface area (Å²) in [7, 11) is 0. The summed E-state index contributed by atoms with van der Waals surface area (Å²) >= 11 is 5.90. The SMILES string of the molecule is CC(OC(=O)CCc1ccco1)C(=O)Nc1ccc([N+](=O)[O-])cc1Cl. The van der Waals surface area contributed by atoms with Crippen molar-refractivity contribution in [2.75, 3.05) is 5.32 Å². The van der Waals surface area contributed by atoms with Crippen LogP contribution in [0.4, 0.5) is 11.4 Å². The van der Waals surface area contributed by atoms with Gasteiger partial charge in [0.25, 0.3) is 11.6 Å². The molecule has 0 aliphatic rings. The van der Waals surface area contributed by atoms with Gasteiger partial charge in [-0.1, -0.05) is 11.6 Å². The summed E-state index contributed by atoms with van der Waals surface area (Å²) in [5.74, 6) is -0.498. The van der Waals surface area contributed by atoms with Crippen LogP contribution in [0.25, 0.3) is 0 Å². The molecule has 0 radical (unpaired) electrons. The van der Waals surface area contributed by atoms with Crippen molar-refractivity contribution in [2.45, 2.75) is 25.9 Å². The van der Waals surface area contributed by atoms with Gasteiger partial charge >= 0.3 is 5.97 Å². The van der Waals surface area contributed by atoms with Crippen molar-refractivity contribution in [3.05, 3.63) is 57.5 Å². The van der Waals surface area contributed by atoms with Gasteiger partial charge in [0.15, 0.2) is 6.10 Å². The molecular weight excluding hydrogens is 352 g/mol. The maximum atomic E-state index is 12.1. The number of non-ortho nitro benzene ring substituents is 1. The number of anilines is 1. The van der Waals surface area contributed by atoms with Crippen molar-refractivity contribution >= 4 is 34.9 Å². The molecule has 9 heteroatoms. The van der Waals surface area contributed by atoms with E-state index in [1.807, 2.05) is 0 Å². The number of esters is 1. The molecule has 1 amide bonds. The minimum absolute atomic E-state index is 0.0129. The molecule has 2 rings (SSSR count). The molecule has 1 heterocycles. The fourth-order valence-corrected chi connectivity index (χ4v) is 2.17. The van der Waals surface area contributed by atoms with Crippen LogP contribution in [0.15, 0.2) is 41.0 Å². The number of benzene rings is 1. The molecule has 1 unspecified atom stereocenters. The van der Waals surface area contributed by atoms with Crippen LogP contribution in [0.1, 0.15) is 19.1 Å². The van der Waals surface area contributed by atoms with E-state index in [1.165, 1.54) is 25.3 Å². The monoisotopic (exact) mass is 366 g/mol. The largest absolute Gasteiger partial charge is 0.469 e. The molecule has 1 aromatic heterocycles. The number of aryl methyl sites for hydroxylation is 1. The van der Waals surface area contributed by atoms with Gasteiger partial charge in [-0.2, -0.15) is 0 Å². The van der Waals surface area contributed by atoms with Crippen molar-refractivity contribution in [2.24, 2.45) is 0 Å². The van der Waals surface area contributed by atoms with Crippen molar-refractivity contribution in [1.82, 2.24) is 0 Å². The first-order chi connectivity index (χ1) is 11.9. The van der Waals surface area contributed by atoms with Crippen LogP contribution in [0.5, 0.6) is 0 Å². The van der Waals surface area contributed by atoms with Crippen LogP contribution in [0.2, 0.25) is 5.02 Å². The van der Waals surface area contributed by atoms with Gasteiger partial charge in [-0.15, -0.1) is 0 Å². The highest BCUT2D eigenvalue weighted by Gasteiger charge is 2.20. The highest BCUT2D eigenvalue weighted by molar-refractivity contribution is 6.34. The maximum Gasteiger partial charge on any atom is 0.307 e. The molecule has 0 spiro atoms. The van der Waals surface area contributed by atoms with Crippen molar-refractivity contribution in [3.8, 4) is 0 Å². The zero-order valence-electron chi connectivity index (χ0n) is 13.2. The summed E-state index contributed by atoms with van der Waals surface area (Å²) in [6.07, 6.45) is 0.901. The van der Waals surface area contributed by atoms with Gasteiger partial charge in [0.05, 0.1) is 28.3 Å². The van der Waals surface area contributed by atoms with E-state index in [0.29, 0.717) is 12.2 Å². The zero-order chi connectivity index (χ0) is 18.4. The van der Waals surface area contributed by atoms with E-state index in [1.54, 1.807) is 12.1 Å². The van der Waals surface area contributed by atoms with Gasteiger partial charge in [0.2, 0.25) is 0 Å². The van der Waals surface area contributed by atoms with Crippen molar-refractivity contribution < 1.29 is 23.7 Å². The predicted molar refractivity (Wildman–Crippen MR) is 89.3 cm³/mol. The van der Waals surface area contributed by atoms with Crippen LogP contribution >= 0.6 is 11.6 Å². The number of nitro groups is 1. The third kappa shape index (κ3) is 5.32. The number of hydrogen-bond donors (Lipinski definition) is 1. The second-order valence-electron chi connectivity index (χ2n) is 5.12. The standard InChI is InChI=1S/C16H15ClN2O6/c1-10(25-15(20)7-5-12-3-2-8-24-12)16(21)18-14-6-4-11(19(22)23)9-13(14)17/h2-4,6,8-10H,5,7H2,1H3,(H,18,21). The number of ether oxygens (including phenoxy) is 1. The van der Waals surface area contributed by atoms with Crippen molar-refractivity contribution in [1.29, 1.82) is 0 Å². The van der Waals surface area contributed by atoms with Gasteiger partial charge < -0.3 is 14.5 Å². The number of amides is 1. The van der Waals surface area contributed by atoms with Crippen LogP contribution in [-0.4, -0.2) is 22.9 Å². The van der Waals surface area contributed by atoms with E-state index in [4.69, 9.17) is 20.8 Å². The lowest BCUT2D eigenvalue weighted by molar-refractivity contribution is -0.384. The van der Waals surface area contributed by atoms with E-state index in [2.05, 4.69) is 5.32 Å². The molecule has 1 aromatic carbocycles. The van der Waals surface area contributed by atoms with Gasteiger partial charge in [-0.25, -0.2) is 0 Å². The molecule has 0 saturated heterocycles. The number of halogens is 1. The summed E-state index contributed by atoms with van der Waals surface area (Å²) in [5, 5.41) is 13.1. The lowest BCUT2D eigenvalue weighted by Gasteiger charge is -2.14. The predicted octanol–water partition coefficient (Wildman–Crippen LogP) is 3.34. The first-order valence-corrected chi connectivity index (χ1v) is 7.71. The first-order valence-electron chi connectivity index (χ1n) is 7.33. The Balaban J connectivity index is 1.87. The second kappa shape index (κ2) is 8.29. The smallest absolute Gasteiger partial charge is 0.307 e. The summed E-state index contributed by atoms with van der Waals surface area (Å²) in [6.45, 7) is 1.42. The Hall–Kier alpha value is -2.87. The summed E-state index contributed by atoms with van der Waals surface area (Å²) in [5.41, 5.74) is -0.00356. The minimum Gasteiger partial charge on any atom is -0.469 e. The number of carbonyl (C=O) groups is 2. The number of rotatable bonds is 7. The average Bonchev–Trinajstić information content (AvgIpc) is 3.08. The van der Waals surface area contributed by atoms with Gasteiger partial charge in [-0.05, 0) is 25.1 Å². The van der Waals surface area contributed by atoms with Gasteiger partial charge in [-0.3, -0.25) is 19.7 Å². The lowest BCUT2D eigenvalue weighted by Crippen LogP contribution is -2.30. The van der Waals surface area contributed by atoms with Gasteiger partial charge in [0.1, 0.15) is 5.76 Å². The fourth-order valence-electron chi connectivity index (χ4n) is 1.94. The molecule has 0 bridgehead atoms. The quantitative estimate of drug-likeness (QED) is 0.457. The van der Waals surface area contributed by atoms with Crippen LogP contribution in [0.3, 0.4) is 0 Å². The Morgan fingerprint density at radius 2 is 2.16 bits per heavy atom. The first kappa shape index (κ1) is 18.5. The summed E-state index contributed by atoms with van der Waals surface area (Å²) in [6, 6.07) is 7.09. The Kier molecular flexibility index (Phi) is 6.13. The topological polar surface area (TPSA) is 112 Å². The lowest BCUT2D eigenvalue weighted by atomic mass is 10.2. The van der Waals surface area contributed by atoms with Crippen molar-refractivity contribution in [3.63, 3.8) is 0 Å². The summed E-state index contributed by atoms with van der Waals surface area (Å²) < 4.78 is 10.1. The van der Waals surface area contributed by atoms with Crippen LogP contribution in [-0.2, 0) is 20.7 Å². The average molecular weight is 367 g/mol. The van der Waals surface area contributed by atoms with Crippen LogP contribution < -0.4 is 5.32 Å². The molecule has 0 aliphatic carbocycles. The van der Waals surface area contributed by atoms with E-state index >= 15 is 0 Å². The fraction of sp³-hybridized carbons (Fsp3) is 0.250. The number of nitrogens with zero attached hydrogens (tertiary/aromatic N) is 1. The van der Waals surface area contributed by atoms with E-state index in [9.17, 15) is 19.7 Å². The number of hydrogen-bond acceptors (Lipinski definition) is 6. The maximum absolute atomic E-state index is 12.1. The molecule has 2 aromatic rings. The highest BCUT2D eigenvalue weighted by atomic mass is 35.5. The Morgan fingerprint density at radius 1 is 1.40 bits per heavy atom. The molecule has 1 N–H and O–H groups in total. The Labute approximate surface area is 147 Å². The normalized spacial score (nSPS) is 11.6. The third-order valence-electron chi connectivity index (χ3n) is 3.25. The summed E-state index contributed by atoms with van der Waals surface area (Å²) in [4.78, 5) is 33.9. The zero-order valence-corrected chi connectivity index (χ0v) is 14.0. The number of furan rings is 1. The molecule has 8 nitrogen and oxygen atoms in total. The molecule has 0 saturated carbocycles. The van der Waals surface area contributed by atoms with Crippen LogP contribution in [0, 0.1) is 10.1 Å². The molecule has 0 aliphatic heterocycles. The van der Waals surface area contributed by atoms with Gasteiger partial charge in [0, 0.05) is 18.6 Å². The molecule has 25 heavy (non-hydrogen) atoms. The molecule has 0 fully saturated rings. The Morgan fingerprint density at radius 3 is 2.76 bits per heavy atom.